The van der Waals surface area contributed by atoms with Crippen molar-refractivity contribution in [3.63, 3.8) is 0 Å². The maximum absolute atomic E-state index is 12.9. The van der Waals surface area contributed by atoms with Crippen molar-refractivity contribution in [3.05, 3.63) is 77.4 Å². The van der Waals surface area contributed by atoms with E-state index >= 15 is 0 Å². The molecule has 23 heavy (non-hydrogen) atoms. The number of hydrogen-bond acceptors (Lipinski definition) is 3. The third-order valence-electron chi connectivity index (χ3n) is 4.18. The smallest absolute Gasteiger partial charge is 0.268 e. The fourth-order valence-corrected chi connectivity index (χ4v) is 2.91. The van der Waals surface area contributed by atoms with Crippen LogP contribution in [-0.4, -0.2) is 17.3 Å². The van der Waals surface area contributed by atoms with Crippen LogP contribution in [0.5, 0.6) is 0 Å². The maximum atomic E-state index is 12.9. The molecule has 2 aromatic carbocycles. The van der Waals surface area contributed by atoms with Gasteiger partial charge in [0.05, 0.1) is 12.2 Å². The minimum Gasteiger partial charge on any atom is -0.372 e. The molecule has 2 aromatic rings. The molecular weight excluding hydrogens is 290 g/mol. The maximum Gasteiger partial charge on any atom is 0.268 e. The summed E-state index contributed by atoms with van der Waals surface area (Å²) in [7, 11) is 0. The molecule has 0 saturated heterocycles. The number of amides is 1. The highest BCUT2D eigenvalue weighted by atomic mass is 16.3. The van der Waals surface area contributed by atoms with Crippen LogP contribution in [0.1, 0.15) is 16.7 Å². The van der Waals surface area contributed by atoms with E-state index in [4.69, 9.17) is 0 Å². The van der Waals surface area contributed by atoms with E-state index in [9.17, 15) is 14.7 Å². The van der Waals surface area contributed by atoms with Crippen molar-refractivity contribution in [2.45, 2.75) is 19.1 Å². The Bertz CT molecular complexity index is 798. The molecule has 0 aliphatic carbocycles. The molecule has 0 saturated carbocycles. The van der Waals surface area contributed by atoms with E-state index in [0.717, 1.165) is 11.1 Å². The van der Waals surface area contributed by atoms with E-state index in [0.29, 0.717) is 24.1 Å². The van der Waals surface area contributed by atoms with E-state index < -0.39 is 11.5 Å². The zero-order valence-electron chi connectivity index (χ0n) is 12.8. The molecule has 0 bridgehead atoms. The van der Waals surface area contributed by atoms with Crippen molar-refractivity contribution in [1.29, 1.82) is 0 Å². The zero-order chi connectivity index (χ0) is 16.6. The van der Waals surface area contributed by atoms with E-state index in [1.807, 2.05) is 43.3 Å². The van der Waals surface area contributed by atoms with Gasteiger partial charge >= 0.3 is 0 Å². The van der Waals surface area contributed by atoms with E-state index in [-0.39, 0.29) is 5.57 Å². The number of rotatable bonds is 4. The number of hydrogen-bond donors (Lipinski definition) is 1. The van der Waals surface area contributed by atoms with E-state index in [1.54, 1.807) is 12.1 Å². The molecule has 0 aromatic heterocycles. The fraction of sp³-hybridized carbons (Fsp3) is 0.158. The van der Waals surface area contributed by atoms with Gasteiger partial charge in [-0.25, -0.2) is 0 Å². The number of aryl methyl sites for hydroxylation is 1. The first-order valence-corrected chi connectivity index (χ1v) is 7.32. The largest absolute Gasteiger partial charge is 0.372 e. The number of fused-ring (bicyclic) bond motifs is 1. The molecule has 0 radical (unpaired) electrons. The molecule has 0 spiro atoms. The lowest BCUT2D eigenvalue weighted by molar-refractivity contribution is -0.134. The van der Waals surface area contributed by atoms with Crippen molar-refractivity contribution in [3.8, 4) is 0 Å². The molecule has 1 heterocycles. The van der Waals surface area contributed by atoms with Crippen LogP contribution in [0.2, 0.25) is 0 Å². The van der Waals surface area contributed by atoms with Gasteiger partial charge in [-0.1, -0.05) is 54.6 Å². The van der Waals surface area contributed by atoms with Crippen molar-refractivity contribution in [1.82, 2.24) is 0 Å². The average Bonchev–Trinajstić information content (AvgIpc) is 2.78. The average molecular weight is 307 g/mol. The number of nitrogens with zero attached hydrogens (tertiary/aromatic N) is 1. The summed E-state index contributed by atoms with van der Waals surface area (Å²) in [4.78, 5) is 25.5. The Morgan fingerprint density at radius 2 is 1.96 bits per heavy atom. The molecule has 1 aliphatic rings. The topological polar surface area (TPSA) is 57.6 Å². The van der Waals surface area contributed by atoms with Gasteiger partial charge in [-0.05, 0) is 18.6 Å². The van der Waals surface area contributed by atoms with Crippen LogP contribution in [0.4, 0.5) is 5.69 Å². The number of anilines is 1. The van der Waals surface area contributed by atoms with E-state index in [2.05, 4.69) is 6.58 Å². The number of carbonyl (C=O) groups excluding carboxylic acids is 2. The Balaban J connectivity index is 2.12. The predicted octanol–water partition coefficient (Wildman–Crippen LogP) is 2.48. The van der Waals surface area contributed by atoms with Crippen molar-refractivity contribution in [2.75, 3.05) is 4.90 Å². The summed E-state index contributed by atoms with van der Waals surface area (Å²) in [6, 6.07) is 14.9. The molecule has 3 rings (SSSR count). The van der Waals surface area contributed by atoms with Gasteiger partial charge in [-0.3, -0.25) is 9.59 Å². The summed E-state index contributed by atoms with van der Waals surface area (Å²) in [5, 5.41) is 10.9. The SMILES string of the molecule is C=C(C=O)[C@@]1(O)C(=O)N(Cc2ccccc2)c2ccc(C)cc21. The summed E-state index contributed by atoms with van der Waals surface area (Å²) in [6.45, 7) is 5.78. The first-order chi connectivity index (χ1) is 11.0. The van der Waals surface area contributed by atoms with Gasteiger partial charge in [0, 0.05) is 11.1 Å². The highest BCUT2D eigenvalue weighted by Gasteiger charge is 2.51. The van der Waals surface area contributed by atoms with Crippen LogP contribution in [0.15, 0.2) is 60.7 Å². The minimum atomic E-state index is -1.99. The van der Waals surface area contributed by atoms with Gasteiger partial charge in [-0.2, -0.15) is 0 Å². The van der Waals surface area contributed by atoms with Gasteiger partial charge in [-0.15, -0.1) is 0 Å². The summed E-state index contributed by atoms with van der Waals surface area (Å²) in [6.07, 6.45) is 0.441. The Morgan fingerprint density at radius 1 is 1.26 bits per heavy atom. The fourth-order valence-electron chi connectivity index (χ4n) is 2.91. The molecule has 116 valence electrons. The Kier molecular flexibility index (Phi) is 3.62. The second-order valence-electron chi connectivity index (χ2n) is 5.75. The molecule has 1 atom stereocenters. The lowest BCUT2D eigenvalue weighted by atomic mass is 9.88. The Labute approximate surface area is 134 Å². The standard InChI is InChI=1S/C19H17NO3/c1-13-8-9-17-16(10-13)19(23,14(2)12-21)18(22)20(17)11-15-6-4-3-5-7-15/h3-10,12,23H,2,11H2,1H3/t19-/m0/s1. The number of aldehydes is 1. The van der Waals surface area contributed by atoms with Gasteiger partial charge in [0.15, 0.2) is 5.60 Å². The molecule has 0 unspecified atom stereocenters. The van der Waals surface area contributed by atoms with Crippen LogP contribution in [0.25, 0.3) is 0 Å². The van der Waals surface area contributed by atoms with Crippen molar-refractivity contribution in [2.24, 2.45) is 0 Å². The molecular formula is C19H17NO3. The first-order valence-electron chi connectivity index (χ1n) is 7.32. The van der Waals surface area contributed by atoms with Crippen LogP contribution in [-0.2, 0) is 21.7 Å². The molecule has 1 N–H and O–H groups in total. The third-order valence-corrected chi connectivity index (χ3v) is 4.18. The summed E-state index contributed by atoms with van der Waals surface area (Å²) in [5.41, 5.74) is 0.719. The Hall–Kier alpha value is -2.72. The van der Waals surface area contributed by atoms with Gasteiger partial charge < -0.3 is 10.0 Å². The van der Waals surface area contributed by atoms with Gasteiger partial charge in [0.2, 0.25) is 0 Å². The highest BCUT2D eigenvalue weighted by Crippen LogP contribution is 2.44. The second kappa shape index (κ2) is 5.48. The van der Waals surface area contributed by atoms with Crippen LogP contribution >= 0.6 is 0 Å². The molecule has 1 amide bonds. The number of carbonyl (C=O) groups is 2. The summed E-state index contributed by atoms with van der Waals surface area (Å²) in [5.74, 6) is -0.543. The van der Waals surface area contributed by atoms with Gasteiger partial charge in [0.25, 0.3) is 5.91 Å². The monoisotopic (exact) mass is 307 g/mol. The third kappa shape index (κ3) is 2.28. The normalized spacial score (nSPS) is 19.6. The van der Waals surface area contributed by atoms with Crippen molar-refractivity contribution < 1.29 is 14.7 Å². The highest BCUT2D eigenvalue weighted by molar-refractivity contribution is 6.11. The minimum absolute atomic E-state index is 0.148. The lowest BCUT2D eigenvalue weighted by Gasteiger charge is -2.22. The number of aliphatic hydroxyl groups is 1. The van der Waals surface area contributed by atoms with E-state index in [1.165, 1.54) is 4.90 Å². The van der Waals surface area contributed by atoms with Gasteiger partial charge in [0.1, 0.15) is 6.29 Å². The molecule has 4 nitrogen and oxygen atoms in total. The lowest BCUT2D eigenvalue weighted by Crippen LogP contribution is -2.41. The molecule has 0 fully saturated rings. The predicted molar refractivity (Wildman–Crippen MR) is 87.9 cm³/mol. The Morgan fingerprint density at radius 3 is 2.61 bits per heavy atom. The zero-order valence-corrected chi connectivity index (χ0v) is 12.8. The first kappa shape index (κ1) is 15.2. The van der Waals surface area contributed by atoms with Crippen molar-refractivity contribution >= 4 is 17.9 Å². The van der Waals surface area contributed by atoms with Crippen LogP contribution < -0.4 is 4.90 Å². The molecule has 4 heteroatoms. The molecule has 1 aliphatic heterocycles. The quantitative estimate of drug-likeness (QED) is 0.697. The van der Waals surface area contributed by atoms with Crippen LogP contribution in [0, 0.1) is 6.92 Å². The number of benzene rings is 2. The summed E-state index contributed by atoms with van der Waals surface area (Å²) >= 11 is 0. The summed E-state index contributed by atoms with van der Waals surface area (Å²) < 4.78 is 0. The van der Waals surface area contributed by atoms with Crippen LogP contribution in [0.3, 0.4) is 0 Å². The second-order valence-corrected chi connectivity index (χ2v) is 5.75.